The summed E-state index contributed by atoms with van der Waals surface area (Å²) in [7, 11) is 0. The third-order valence-electron chi connectivity index (χ3n) is 1.21. The van der Waals surface area contributed by atoms with Crippen molar-refractivity contribution in [1.29, 1.82) is 0 Å². The van der Waals surface area contributed by atoms with Crippen molar-refractivity contribution in [3.63, 3.8) is 0 Å². The van der Waals surface area contributed by atoms with E-state index in [-0.39, 0.29) is 12.5 Å². The Morgan fingerprint density at radius 3 is 3.00 bits per heavy atom. The van der Waals surface area contributed by atoms with Crippen LogP contribution in [0.3, 0.4) is 0 Å². The van der Waals surface area contributed by atoms with Crippen molar-refractivity contribution < 1.29 is 13.6 Å². The van der Waals surface area contributed by atoms with Gasteiger partial charge in [-0.05, 0) is 15.9 Å². The highest BCUT2D eigenvalue weighted by Gasteiger charge is 2.07. The molecule has 0 aliphatic rings. The Kier molecular flexibility index (Phi) is 3.28. The van der Waals surface area contributed by atoms with Gasteiger partial charge in [-0.2, -0.15) is 0 Å². The molecule has 1 heterocycles. The zero-order chi connectivity index (χ0) is 8.97. The molecule has 0 bridgehead atoms. The van der Waals surface area contributed by atoms with Gasteiger partial charge in [0.25, 0.3) is 5.91 Å². The number of nitrogens with one attached hydrogen (secondary N) is 1. The van der Waals surface area contributed by atoms with E-state index >= 15 is 0 Å². The zero-order valence-electron chi connectivity index (χ0n) is 6.14. The second kappa shape index (κ2) is 4.25. The summed E-state index contributed by atoms with van der Waals surface area (Å²) < 4.78 is 16.9. The van der Waals surface area contributed by atoms with Crippen molar-refractivity contribution in [2.24, 2.45) is 0 Å². The first-order valence-electron chi connectivity index (χ1n) is 3.32. The van der Waals surface area contributed by atoms with Crippen molar-refractivity contribution in [1.82, 2.24) is 5.32 Å². The number of carbonyl (C=O) groups excluding carboxylic acids is 1. The number of halogens is 2. The molecule has 66 valence electrons. The highest BCUT2D eigenvalue weighted by atomic mass is 79.9. The number of hydrogen-bond donors (Lipinski definition) is 1. The van der Waals surface area contributed by atoms with Crippen LogP contribution in [-0.2, 0) is 0 Å². The first-order chi connectivity index (χ1) is 5.74. The third-order valence-corrected chi connectivity index (χ3v) is 1.63. The molecule has 0 aromatic carbocycles. The van der Waals surface area contributed by atoms with E-state index in [2.05, 4.69) is 21.2 Å². The smallest absolute Gasteiger partial charge is 0.254 e. The molecule has 1 aromatic rings. The van der Waals surface area contributed by atoms with Gasteiger partial charge in [-0.3, -0.25) is 4.79 Å². The summed E-state index contributed by atoms with van der Waals surface area (Å²) in [6.07, 6.45) is 1.30. The van der Waals surface area contributed by atoms with Gasteiger partial charge in [-0.1, -0.05) is 0 Å². The van der Waals surface area contributed by atoms with Gasteiger partial charge in [0.2, 0.25) is 0 Å². The normalized spacial score (nSPS) is 9.83. The van der Waals surface area contributed by atoms with Crippen molar-refractivity contribution in [3.8, 4) is 0 Å². The number of hydrogen-bond acceptors (Lipinski definition) is 2. The Bertz CT molecular complexity index is 274. The van der Waals surface area contributed by atoms with Crippen LogP contribution >= 0.6 is 15.9 Å². The monoisotopic (exact) mass is 235 g/mol. The molecule has 0 unspecified atom stereocenters. The van der Waals surface area contributed by atoms with Gasteiger partial charge < -0.3 is 9.73 Å². The fourth-order valence-electron chi connectivity index (χ4n) is 0.692. The van der Waals surface area contributed by atoms with Gasteiger partial charge in [-0.15, -0.1) is 0 Å². The van der Waals surface area contributed by atoms with Crippen LogP contribution in [0.25, 0.3) is 0 Å². The summed E-state index contributed by atoms with van der Waals surface area (Å²) in [6.45, 7) is -0.535. The van der Waals surface area contributed by atoms with Gasteiger partial charge in [0, 0.05) is 12.6 Å². The molecule has 0 saturated carbocycles. The average molecular weight is 236 g/mol. The molecule has 0 radical (unpaired) electrons. The molecule has 0 fully saturated rings. The molecule has 1 aromatic heterocycles. The maximum atomic E-state index is 11.6. The Morgan fingerprint density at radius 2 is 2.50 bits per heavy atom. The summed E-state index contributed by atoms with van der Waals surface area (Å²) in [5.41, 5.74) is 0.385. The van der Waals surface area contributed by atoms with Gasteiger partial charge in [0.15, 0.2) is 4.67 Å². The lowest BCUT2D eigenvalue weighted by Crippen LogP contribution is -2.24. The minimum absolute atomic E-state index is 0.0294. The lowest BCUT2D eigenvalue weighted by Gasteiger charge is -1.97. The summed E-state index contributed by atoms with van der Waals surface area (Å²) in [6, 6.07) is 1.52. The fraction of sp³-hybridized carbons (Fsp3) is 0.286. The molecule has 0 aliphatic carbocycles. The predicted molar refractivity (Wildman–Crippen MR) is 44.7 cm³/mol. The fourth-order valence-corrected chi connectivity index (χ4v) is 1.03. The van der Waals surface area contributed by atoms with E-state index in [0.717, 1.165) is 0 Å². The van der Waals surface area contributed by atoms with E-state index in [1.807, 2.05) is 0 Å². The molecule has 0 saturated heterocycles. The van der Waals surface area contributed by atoms with E-state index in [4.69, 9.17) is 4.42 Å². The van der Waals surface area contributed by atoms with Gasteiger partial charge in [0.1, 0.15) is 12.9 Å². The summed E-state index contributed by atoms with van der Waals surface area (Å²) in [4.78, 5) is 11.1. The van der Waals surface area contributed by atoms with Crippen molar-refractivity contribution in [2.45, 2.75) is 0 Å². The Labute approximate surface area is 77.1 Å². The van der Waals surface area contributed by atoms with E-state index in [1.54, 1.807) is 0 Å². The number of carbonyl (C=O) groups is 1. The molecule has 0 aliphatic heterocycles. The Morgan fingerprint density at radius 1 is 1.75 bits per heavy atom. The SMILES string of the molecule is O=C(NCCF)c1coc(Br)c1. The van der Waals surface area contributed by atoms with E-state index in [9.17, 15) is 9.18 Å². The molecule has 12 heavy (non-hydrogen) atoms. The van der Waals surface area contributed by atoms with E-state index in [1.165, 1.54) is 12.3 Å². The van der Waals surface area contributed by atoms with Crippen LogP contribution in [0, 0.1) is 0 Å². The molecule has 3 nitrogen and oxygen atoms in total. The third kappa shape index (κ3) is 2.34. The standard InChI is InChI=1S/C7H7BrFNO2/c8-6-3-5(4-12-6)7(11)10-2-1-9/h3-4H,1-2H2,(H,10,11). The molecule has 1 rings (SSSR count). The van der Waals surface area contributed by atoms with Gasteiger partial charge >= 0.3 is 0 Å². The Hall–Kier alpha value is -0.840. The maximum absolute atomic E-state index is 11.6. The van der Waals surface area contributed by atoms with Crippen molar-refractivity contribution >= 4 is 21.8 Å². The molecule has 0 atom stereocenters. The number of rotatable bonds is 3. The van der Waals surface area contributed by atoms with Crippen LogP contribution in [0.5, 0.6) is 0 Å². The number of furan rings is 1. The molecule has 5 heteroatoms. The van der Waals surface area contributed by atoms with Crippen molar-refractivity contribution in [3.05, 3.63) is 22.6 Å². The molecular weight excluding hydrogens is 229 g/mol. The number of amides is 1. The molecular formula is C7H7BrFNO2. The van der Waals surface area contributed by atoms with Gasteiger partial charge in [0.05, 0.1) is 5.56 Å². The lowest BCUT2D eigenvalue weighted by molar-refractivity contribution is 0.0950. The van der Waals surface area contributed by atoms with Crippen LogP contribution in [-0.4, -0.2) is 19.1 Å². The molecule has 0 spiro atoms. The number of alkyl halides is 1. The van der Waals surface area contributed by atoms with Crippen LogP contribution in [0.2, 0.25) is 0 Å². The van der Waals surface area contributed by atoms with E-state index < -0.39 is 6.67 Å². The lowest BCUT2D eigenvalue weighted by atomic mass is 10.3. The first-order valence-corrected chi connectivity index (χ1v) is 4.11. The highest BCUT2D eigenvalue weighted by molar-refractivity contribution is 9.10. The van der Waals surface area contributed by atoms with Crippen LogP contribution in [0.15, 0.2) is 21.4 Å². The van der Waals surface area contributed by atoms with E-state index in [0.29, 0.717) is 10.2 Å². The predicted octanol–water partition coefficient (Wildman–Crippen LogP) is 1.74. The maximum Gasteiger partial charge on any atom is 0.254 e. The largest absolute Gasteiger partial charge is 0.457 e. The minimum atomic E-state index is -0.565. The summed E-state index contributed by atoms with van der Waals surface area (Å²) in [5, 5.41) is 2.37. The summed E-state index contributed by atoms with van der Waals surface area (Å²) >= 11 is 3.05. The summed E-state index contributed by atoms with van der Waals surface area (Å²) in [5.74, 6) is -0.331. The zero-order valence-corrected chi connectivity index (χ0v) is 7.73. The van der Waals surface area contributed by atoms with Crippen molar-refractivity contribution in [2.75, 3.05) is 13.2 Å². The molecule has 1 N–H and O–H groups in total. The van der Waals surface area contributed by atoms with Crippen LogP contribution in [0.1, 0.15) is 10.4 Å². The quantitative estimate of drug-likeness (QED) is 0.868. The van der Waals surface area contributed by atoms with Crippen LogP contribution < -0.4 is 5.32 Å². The highest BCUT2D eigenvalue weighted by Crippen LogP contribution is 2.13. The van der Waals surface area contributed by atoms with Crippen LogP contribution in [0.4, 0.5) is 4.39 Å². The minimum Gasteiger partial charge on any atom is -0.457 e. The second-order valence-corrected chi connectivity index (χ2v) is 2.87. The first kappa shape index (κ1) is 9.25. The topological polar surface area (TPSA) is 42.2 Å². The molecule has 1 amide bonds. The Balaban J connectivity index is 2.53. The average Bonchev–Trinajstić information content (AvgIpc) is 2.47. The van der Waals surface area contributed by atoms with Gasteiger partial charge in [-0.25, -0.2) is 4.39 Å². The second-order valence-electron chi connectivity index (χ2n) is 2.08.